The first-order valence-corrected chi connectivity index (χ1v) is 4.69. The Kier molecular flexibility index (Phi) is 2.93. The second-order valence-corrected chi connectivity index (χ2v) is 3.90. The van der Waals surface area contributed by atoms with Crippen LogP contribution in [0.25, 0.3) is 0 Å². The lowest BCUT2D eigenvalue weighted by Crippen LogP contribution is -2.38. The minimum atomic E-state index is -0.767. The molecule has 0 atom stereocenters. The van der Waals surface area contributed by atoms with E-state index in [0.717, 1.165) is 9.80 Å². The molecular weight excluding hydrogens is 196 g/mol. The molecule has 0 aromatic rings. The third kappa shape index (κ3) is 1.91. The molecule has 4 amide bonds. The average molecular weight is 210 g/mol. The van der Waals surface area contributed by atoms with E-state index in [1.165, 1.54) is 0 Å². The van der Waals surface area contributed by atoms with Gasteiger partial charge in [-0.3, -0.25) is 19.4 Å². The molecule has 1 heterocycles. The molecule has 1 aliphatic heterocycles. The molecule has 1 fully saturated rings. The van der Waals surface area contributed by atoms with Crippen LogP contribution in [0.5, 0.6) is 0 Å². The molecule has 1 rings (SSSR count). The highest BCUT2D eigenvalue weighted by Crippen LogP contribution is 2.15. The lowest BCUT2D eigenvalue weighted by molar-refractivity contribution is -0.143. The second kappa shape index (κ2) is 3.84. The summed E-state index contributed by atoms with van der Waals surface area (Å²) in [6.07, 6.45) is 0. The van der Waals surface area contributed by atoms with E-state index in [9.17, 15) is 14.4 Å². The number of hydrogen-bond acceptors (Lipinski definition) is 3. The van der Waals surface area contributed by atoms with Crippen molar-refractivity contribution < 1.29 is 14.4 Å². The van der Waals surface area contributed by atoms with Gasteiger partial charge in [-0.15, -0.1) is 0 Å². The van der Waals surface area contributed by atoms with Crippen LogP contribution in [0.3, 0.4) is 0 Å². The highest BCUT2D eigenvalue weighted by Gasteiger charge is 2.45. The Labute approximate surface area is 88.3 Å². The van der Waals surface area contributed by atoms with Gasteiger partial charge in [-0.2, -0.15) is 0 Å². The Morgan fingerprint density at radius 2 is 1.80 bits per heavy atom. The van der Waals surface area contributed by atoms with E-state index < -0.39 is 17.8 Å². The number of rotatable bonds is 3. The molecule has 82 valence electrons. The van der Waals surface area contributed by atoms with Gasteiger partial charge in [0, 0.05) is 6.04 Å². The molecule has 0 aromatic heterocycles. The zero-order valence-corrected chi connectivity index (χ0v) is 9.11. The SMILES string of the molecule is C=C(C)CN1C(=O)C(=O)N(C(C)C)C1=O. The summed E-state index contributed by atoms with van der Waals surface area (Å²) in [4.78, 5) is 36.4. The maximum atomic E-state index is 11.7. The van der Waals surface area contributed by atoms with Crippen LogP contribution in [0, 0.1) is 0 Å². The molecule has 0 saturated carbocycles. The van der Waals surface area contributed by atoms with Gasteiger partial charge >= 0.3 is 17.8 Å². The van der Waals surface area contributed by atoms with E-state index in [1.807, 2.05) is 0 Å². The lowest BCUT2D eigenvalue weighted by Gasteiger charge is -2.18. The quantitative estimate of drug-likeness (QED) is 0.392. The van der Waals surface area contributed by atoms with Gasteiger partial charge < -0.3 is 0 Å². The van der Waals surface area contributed by atoms with E-state index in [-0.39, 0.29) is 12.6 Å². The maximum absolute atomic E-state index is 11.7. The van der Waals surface area contributed by atoms with Crippen LogP contribution in [0.1, 0.15) is 20.8 Å². The fourth-order valence-corrected chi connectivity index (χ4v) is 1.39. The molecule has 0 radical (unpaired) electrons. The standard InChI is InChI=1S/C10H14N2O3/c1-6(2)5-11-8(13)9(14)12(7(3)4)10(11)15/h7H,1,5H2,2-4H3. The van der Waals surface area contributed by atoms with Crippen LogP contribution < -0.4 is 0 Å². The van der Waals surface area contributed by atoms with Crippen molar-refractivity contribution in [3.8, 4) is 0 Å². The van der Waals surface area contributed by atoms with Gasteiger partial charge in [0.25, 0.3) is 0 Å². The van der Waals surface area contributed by atoms with Gasteiger partial charge in [0.15, 0.2) is 0 Å². The maximum Gasteiger partial charge on any atom is 0.334 e. The first-order valence-electron chi connectivity index (χ1n) is 4.69. The highest BCUT2D eigenvalue weighted by molar-refractivity contribution is 6.44. The van der Waals surface area contributed by atoms with Crippen LogP contribution >= 0.6 is 0 Å². The van der Waals surface area contributed by atoms with Crippen molar-refractivity contribution in [3.05, 3.63) is 12.2 Å². The lowest BCUT2D eigenvalue weighted by atomic mass is 10.3. The number of imide groups is 2. The largest absolute Gasteiger partial charge is 0.334 e. The smallest absolute Gasteiger partial charge is 0.263 e. The van der Waals surface area contributed by atoms with Crippen molar-refractivity contribution in [1.82, 2.24) is 9.80 Å². The van der Waals surface area contributed by atoms with Crippen molar-refractivity contribution in [2.24, 2.45) is 0 Å². The monoisotopic (exact) mass is 210 g/mol. The third-order valence-electron chi connectivity index (χ3n) is 2.03. The van der Waals surface area contributed by atoms with Crippen LogP contribution in [0.2, 0.25) is 0 Å². The number of carbonyl (C=O) groups excluding carboxylic acids is 3. The van der Waals surface area contributed by atoms with Crippen LogP contribution in [0.4, 0.5) is 4.79 Å². The van der Waals surface area contributed by atoms with Gasteiger partial charge in [-0.25, -0.2) is 4.79 Å². The van der Waals surface area contributed by atoms with Gasteiger partial charge in [-0.1, -0.05) is 12.2 Å². The van der Waals surface area contributed by atoms with Crippen molar-refractivity contribution in [1.29, 1.82) is 0 Å². The molecule has 5 nitrogen and oxygen atoms in total. The third-order valence-corrected chi connectivity index (χ3v) is 2.03. The van der Waals surface area contributed by atoms with Gasteiger partial charge in [-0.05, 0) is 20.8 Å². The summed E-state index contributed by atoms with van der Waals surface area (Å²) in [6, 6.07) is -0.855. The first kappa shape index (κ1) is 11.4. The molecular formula is C10H14N2O3. The Morgan fingerprint density at radius 1 is 1.27 bits per heavy atom. The van der Waals surface area contributed by atoms with E-state index >= 15 is 0 Å². The predicted octanol–water partition coefficient (Wildman–Crippen LogP) is 0.762. The number of nitrogens with zero attached hydrogens (tertiary/aromatic N) is 2. The summed E-state index contributed by atoms with van der Waals surface area (Å²) < 4.78 is 0. The normalized spacial score (nSPS) is 16.9. The second-order valence-electron chi connectivity index (χ2n) is 3.90. The van der Waals surface area contributed by atoms with Crippen molar-refractivity contribution in [2.45, 2.75) is 26.8 Å². The average Bonchev–Trinajstić information content (AvgIpc) is 2.29. The van der Waals surface area contributed by atoms with Gasteiger partial charge in [0.05, 0.1) is 6.54 Å². The number of amides is 4. The fourth-order valence-electron chi connectivity index (χ4n) is 1.39. The Bertz CT molecular complexity index is 347. The van der Waals surface area contributed by atoms with Gasteiger partial charge in [0.1, 0.15) is 0 Å². The summed E-state index contributed by atoms with van der Waals surface area (Å²) in [6.45, 7) is 8.78. The van der Waals surface area contributed by atoms with E-state index in [1.54, 1.807) is 20.8 Å². The molecule has 15 heavy (non-hydrogen) atoms. The van der Waals surface area contributed by atoms with Crippen molar-refractivity contribution in [2.75, 3.05) is 6.54 Å². The number of carbonyl (C=O) groups is 3. The summed E-state index contributed by atoms with van der Waals surface area (Å²) in [7, 11) is 0. The number of hydrogen-bond donors (Lipinski definition) is 0. The van der Waals surface area contributed by atoms with Crippen LogP contribution in [0.15, 0.2) is 12.2 Å². The summed E-state index contributed by atoms with van der Waals surface area (Å²) in [5, 5.41) is 0. The van der Waals surface area contributed by atoms with E-state index in [0.29, 0.717) is 5.57 Å². The highest BCUT2D eigenvalue weighted by atomic mass is 16.2. The predicted molar refractivity (Wildman–Crippen MR) is 53.9 cm³/mol. The molecule has 0 N–H and O–H groups in total. The van der Waals surface area contributed by atoms with E-state index in [4.69, 9.17) is 0 Å². The molecule has 0 spiro atoms. The molecule has 0 unspecified atom stereocenters. The Hall–Kier alpha value is -1.65. The molecule has 0 aliphatic carbocycles. The fraction of sp³-hybridized carbons (Fsp3) is 0.500. The minimum absolute atomic E-state index is 0.104. The topological polar surface area (TPSA) is 57.7 Å². The van der Waals surface area contributed by atoms with Crippen LogP contribution in [-0.2, 0) is 9.59 Å². The Balaban J connectivity index is 2.95. The van der Waals surface area contributed by atoms with E-state index in [2.05, 4.69) is 6.58 Å². The molecule has 1 saturated heterocycles. The molecule has 0 bridgehead atoms. The summed E-state index contributed by atoms with van der Waals surface area (Å²) in [5.74, 6) is -1.52. The molecule has 1 aliphatic rings. The zero-order chi connectivity index (χ0) is 11.7. The van der Waals surface area contributed by atoms with Gasteiger partial charge in [0.2, 0.25) is 0 Å². The minimum Gasteiger partial charge on any atom is -0.263 e. The molecule has 5 heteroatoms. The Morgan fingerprint density at radius 3 is 2.13 bits per heavy atom. The van der Waals surface area contributed by atoms with Crippen LogP contribution in [-0.4, -0.2) is 40.2 Å². The van der Waals surface area contributed by atoms with Crippen molar-refractivity contribution in [3.63, 3.8) is 0 Å². The number of urea groups is 1. The summed E-state index contributed by atoms with van der Waals surface area (Å²) >= 11 is 0. The summed E-state index contributed by atoms with van der Waals surface area (Å²) in [5.41, 5.74) is 0.662. The van der Waals surface area contributed by atoms with Crippen molar-refractivity contribution >= 4 is 17.8 Å². The molecule has 0 aromatic carbocycles. The first-order chi connectivity index (χ1) is 6.86. The zero-order valence-electron chi connectivity index (χ0n) is 9.11.